The van der Waals surface area contributed by atoms with Gasteiger partial charge in [-0.25, -0.2) is 0 Å². The van der Waals surface area contributed by atoms with Crippen molar-refractivity contribution < 1.29 is 9.90 Å². The molecule has 0 radical (unpaired) electrons. The van der Waals surface area contributed by atoms with Crippen LogP contribution in [0.4, 0.5) is 0 Å². The number of aliphatic hydroxyl groups is 1. The second-order valence-corrected chi connectivity index (χ2v) is 6.13. The number of carbonyl (C=O) groups excluding carboxylic acids is 1. The van der Waals surface area contributed by atoms with Gasteiger partial charge in [-0.3, -0.25) is 4.79 Å². The Morgan fingerprint density at radius 3 is 2.42 bits per heavy atom. The Morgan fingerprint density at radius 2 is 1.95 bits per heavy atom. The minimum Gasteiger partial charge on any atom is -0.396 e. The molecule has 1 fully saturated rings. The number of halogens is 1. The van der Waals surface area contributed by atoms with Gasteiger partial charge in [-0.2, -0.15) is 0 Å². The maximum Gasteiger partial charge on any atom is 0.236 e. The first-order valence-electron chi connectivity index (χ1n) is 7.13. The van der Waals surface area contributed by atoms with Crippen molar-refractivity contribution in [2.24, 2.45) is 17.1 Å². The molecule has 114 valence electrons. The Hall–Kier alpha value is -0.320. The maximum atomic E-state index is 11.9. The highest BCUT2D eigenvalue weighted by molar-refractivity contribution is 5.85. The standard InChI is InChI=1S/C14H28N2O2.ClH/c1-11(2)9-12(15)13(18)16-10-14(7-8-17)5-3-4-6-14;/h11-12,17H,3-10,15H2,1-2H3,(H,16,18);1H/t12-;/m0./s1. The monoisotopic (exact) mass is 292 g/mol. The molecule has 1 atom stereocenters. The van der Waals surface area contributed by atoms with Crippen molar-refractivity contribution in [3.05, 3.63) is 0 Å². The molecule has 0 bridgehead atoms. The van der Waals surface area contributed by atoms with E-state index in [1.807, 2.05) is 0 Å². The Labute approximate surface area is 122 Å². The van der Waals surface area contributed by atoms with Gasteiger partial charge >= 0.3 is 0 Å². The predicted molar refractivity (Wildman–Crippen MR) is 80.3 cm³/mol. The van der Waals surface area contributed by atoms with Gasteiger partial charge in [0.25, 0.3) is 0 Å². The highest BCUT2D eigenvalue weighted by Gasteiger charge is 2.33. The summed E-state index contributed by atoms with van der Waals surface area (Å²) in [4.78, 5) is 11.9. The normalized spacial score (nSPS) is 19.0. The topological polar surface area (TPSA) is 75.4 Å². The average molecular weight is 293 g/mol. The van der Waals surface area contributed by atoms with E-state index in [2.05, 4.69) is 19.2 Å². The zero-order valence-electron chi connectivity index (χ0n) is 12.2. The molecule has 19 heavy (non-hydrogen) atoms. The molecule has 1 aliphatic carbocycles. The summed E-state index contributed by atoms with van der Waals surface area (Å²) >= 11 is 0. The van der Waals surface area contributed by atoms with Crippen LogP contribution in [-0.2, 0) is 4.79 Å². The van der Waals surface area contributed by atoms with E-state index in [0.29, 0.717) is 12.5 Å². The van der Waals surface area contributed by atoms with Crippen LogP contribution < -0.4 is 11.1 Å². The van der Waals surface area contributed by atoms with Crippen molar-refractivity contribution in [3.63, 3.8) is 0 Å². The Kier molecular flexibility index (Phi) is 8.62. The number of hydrogen-bond donors (Lipinski definition) is 3. The molecule has 0 aliphatic heterocycles. The van der Waals surface area contributed by atoms with Crippen molar-refractivity contribution in [1.82, 2.24) is 5.32 Å². The second kappa shape index (κ2) is 8.77. The summed E-state index contributed by atoms with van der Waals surface area (Å²) in [6.45, 7) is 5.00. The molecule has 0 spiro atoms. The lowest BCUT2D eigenvalue weighted by molar-refractivity contribution is -0.123. The Bertz CT molecular complexity index is 266. The van der Waals surface area contributed by atoms with Crippen LogP contribution in [0.3, 0.4) is 0 Å². The summed E-state index contributed by atoms with van der Waals surface area (Å²) < 4.78 is 0. The summed E-state index contributed by atoms with van der Waals surface area (Å²) in [6.07, 6.45) is 6.12. The second-order valence-electron chi connectivity index (χ2n) is 6.13. The summed E-state index contributed by atoms with van der Waals surface area (Å²) in [5.74, 6) is 0.386. The molecule has 1 rings (SSSR count). The van der Waals surface area contributed by atoms with Crippen molar-refractivity contribution >= 4 is 18.3 Å². The minimum absolute atomic E-state index is 0. The van der Waals surface area contributed by atoms with Crippen LogP contribution in [0.1, 0.15) is 52.4 Å². The maximum absolute atomic E-state index is 11.9. The van der Waals surface area contributed by atoms with Gasteiger partial charge < -0.3 is 16.2 Å². The van der Waals surface area contributed by atoms with Gasteiger partial charge in [0.1, 0.15) is 0 Å². The quantitative estimate of drug-likeness (QED) is 0.670. The van der Waals surface area contributed by atoms with Crippen LogP contribution in [0.5, 0.6) is 0 Å². The number of nitrogens with one attached hydrogen (secondary N) is 1. The summed E-state index contributed by atoms with van der Waals surface area (Å²) in [6, 6.07) is -0.405. The van der Waals surface area contributed by atoms with Crippen LogP contribution in [0, 0.1) is 11.3 Å². The highest BCUT2D eigenvalue weighted by atomic mass is 35.5. The van der Waals surface area contributed by atoms with Crippen LogP contribution >= 0.6 is 12.4 Å². The number of hydrogen-bond acceptors (Lipinski definition) is 3. The number of carbonyl (C=O) groups is 1. The third-order valence-corrected chi connectivity index (χ3v) is 4.01. The van der Waals surface area contributed by atoms with E-state index in [1.54, 1.807) is 0 Å². The van der Waals surface area contributed by atoms with E-state index in [4.69, 9.17) is 10.8 Å². The van der Waals surface area contributed by atoms with Gasteiger partial charge in [-0.15, -0.1) is 12.4 Å². The van der Waals surface area contributed by atoms with E-state index in [0.717, 1.165) is 25.7 Å². The number of aliphatic hydroxyl groups excluding tert-OH is 1. The van der Waals surface area contributed by atoms with E-state index in [1.165, 1.54) is 12.8 Å². The highest BCUT2D eigenvalue weighted by Crippen LogP contribution is 2.40. The first-order chi connectivity index (χ1) is 8.49. The number of nitrogens with two attached hydrogens (primary N) is 1. The molecule has 0 aromatic heterocycles. The SMILES string of the molecule is CC(C)C[C@H](N)C(=O)NCC1(CCO)CCCC1.Cl. The zero-order chi connectivity index (χ0) is 13.6. The van der Waals surface area contributed by atoms with Crippen LogP contribution in [0.2, 0.25) is 0 Å². The van der Waals surface area contributed by atoms with Gasteiger partial charge in [-0.1, -0.05) is 26.7 Å². The van der Waals surface area contributed by atoms with Crippen LogP contribution in [0.25, 0.3) is 0 Å². The fourth-order valence-corrected chi connectivity index (χ4v) is 2.90. The van der Waals surface area contributed by atoms with Crippen molar-refractivity contribution in [2.75, 3.05) is 13.2 Å². The van der Waals surface area contributed by atoms with Gasteiger partial charge in [-0.05, 0) is 37.0 Å². The van der Waals surface area contributed by atoms with E-state index in [9.17, 15) is 4.79 Å². The predicted octanol–water partition coefficient (Wildman–Crippen LogP) is 1.84. The zero-order valence-corrected chi connectivity index (χ0v) is 13.0. The number of rotatable bonds is 7. The lowest BCUT2D eigenvalue weighted by atomic mass is 9.83. The van der Waals surface area contributed by atoms with Crippen molar-refractivity contribution in [1.29, 1.82) is 0 Å². The third-order valence-electron chi connectivity index (χ3n) is 4.01. The molecule has 0 heterocycles. The van der Waals surface area contributed by atoms with E-state index >= 15 is 0 Å². The molecule has 1 amide bonds. The molecule has 4 N–H and O–H groups in total. The summed E-state index contributed by atoms with van der Waals surface area (Å²) in [5.41, 5.74) is 5.97. The van der Waals surface area contributed by atoms with Gasteiger partial charge in [0, 0.05) is 13.2 Å². The Balaban J connectivity index is 0.00000324. The number of amides is 1. The van der Waals surface area contributed by atoms with Crippen molar-refractivity contribution in [3.8, 4) is 0 Å². The van der Waals surface area contributed by atoms with Crippen molar-refractivity contribution in [2.45, 2.75) is 58.4 Å². The molecule has 0 aromatic rings. The molecular formula is C14H29ClN2O2. The smallest absolute Gasteiger partial charge is 0.236 e. The lowest BCUT2D eigenvalue weighted by Crippen LogP contribution is -2.45. The average Bonchev–Trinajstić information content (AvgIpc) is 2.74. The minimum atomic E-state index is -0.405. The van der Waals surface area contributed by atoms with E-state index < -0.39 is 6.04 Å². The molecule has 0 saturated heterocycles. The van der Waals surface area contributed by atoms with Gasteiger partial charge in [0.15, 0.2) is 0 Å². The molecule has 1 aliphatic rings. The lowest BCUT2D eigenvalue weighted by Gasteiger charge is -2.29. The summed E-state index contributed by atoms with van der Waals surface area (Å²) in [7, 11) is 0. The van der Waals surface area contributed by atoms with Gasteiger partial charge in [0.05, 0.1) is 6.04 Å². The van der Waals surface area contributed by atoms with Gasteiger partial charge in [0.2, 0.25) is 5.91 Å². The third kappa shape index (κ3) is 6.11. The molecule has 5 heteroatoms. The molecule has 0 unspecified atom stereocenters. The molecule has 1 saturated carbocycles. The molecule has 4 nitrogen and oxygen atoms in total. The first kappa shape index (κ1) is 18.7. The fourth-order valence-electron chi connectivity index (χ4n) is 2.90. The Morgan fingerprint density at radius 1 is 1.37 bits per heavy atom. The van der Waals surface area contributed by atoms with Crippen LogP contribution in [-0.4, -0.2) is 30.2 Å². The molecule has 0 aromatic carbocycles. The van der Waals surface area contributed by atoms with E-state index in [-0.39, 0.29) is 30.3 Å². The first-order valence-corrected chi connectivity index (χ1v) is 7.13. The molecular weight excluding hydrogens is 264 g/mol. The summed E-state index contributed by atoms with van der Waals surface area (Å²) in [5, 5.41) is 12.1. The largest absolute Gasteiger partial charge is 0.396 e. The van der Waals surface area contributed by atoms with Crippen LogP contribution in [0.15, 0.2) is 0 Å². The fraction of sp³-hybridized carbons (Fsp3) is 0.929.